The minimum absolute atomic E-state index is 0.0371. The fourth-order valence-corrected chi connectivity index (χ4v) is 1.57. The molecule has 0 aliphatic rings. The van der Waals surface area contributed by atoms with E-state index in [2.05, 4.69) is 0 Å². The third-order valence-electron chi connectivity index (χ3n) is 2.78. The van der Waals surface area contributed by atoms with Gasteiger partial charge in [0.15, 0.2) is 11.6 Å². The second-order valence-electron chi connectivity index (χ2n) is 4.58. The molecule has 0 spiro atoms. The Labute approximate surface area is 94.2 Å². The van der Waals surface area contributed by atoms with Gasteiger partial charge < -0.3 is 15.3 Å². The third-order valence-corrected chi connectivity index (χ3v) is 2.78. The third kappa shape index (κ3) is 2.71. The number of benzene rings is 1. The summed E-state index contributed by atoms with van der Waals surface area (Å²) in [4.78, 5) is 0. The van der Waals surface area contributed by atoms with Gasteiger partial charge in [-0.25, -0.2) is 4.39 Å². The molecule has 1 rings (SSSR count). The molecule has 0 radical (unpaired) electrons. The average Bonchev–Trinajstić information content (AvgIpc) is 2.21. The lowest BCUT2D eigenvalue weighted by Gasteiger charge is -2.30. The van der Waals surface area contributed by atoms with E-state index in [1.807, 2.05) is 0 Å². The van der Waals surface area contributed by atoms with Crippen LogP contribution in [0.2, 0.25) is 0 Å². The fraction of sp³-hybridized carbons (Fsp3) is 0.500. The number of rotatable bonds is 4. The summed E-state index contributed by atoms with van der Waals surface area (Å²) in [6.45, 7) is 3.54. The van der Waals surface area contributed by atoms with Crippen LogP contribution in [0.15, 0.2) is 18.2 Å². The average molecular weight is 228 g/mol. The molecule has 0 aliphatic heterocycles. The molecule has 1 atom stereocenters. The Morgan fingerprint density at radius 3 is 2.50 bits per heavy atom. The largest absolute Gasteiger partial charge is 0.505 e. The predicted molar refractivity (Wildman–Crippen MR) is 58.5 cm³/mol. The highest BCUT2D eigenvalue weighted by atomic mass is 19.1. The second kappa shape index (κ2) is 4.80. The number of aromatic hydroxyl groups is 1. The minimum Gasteiger partial charge on any atom is -0.505 e. The molecular weight excluding hydrogens is 211 g/mol. The molecule has 0 aromatic heterocycles. The molecule has 0 saturated carbocycles. The van der Waals surface area contributed by atoms with Crippen LogP contribution in [0.1, 0.15) is 31.9 Å². The zero-order valence-electron chi connectivity index (χ0n) is 9.44. The maximum absolute atomic E-state index is 13.1. The summed E-state index contributed by atoms with van der Waals surface area (Å²) in [7, 11) is 0. The van der Waals surface area contributed by atoms with E-state index < -0.39 is 23.1 Å². The van der Waals surface area contributed by atoms with Gasteiger partial charge in [-0.15, -0.1) is 0 Å². The zero-order valence-corrected chi connectivity index (χ0v) is 9.44. The number of aliphatic hydroxyl groups excluding tert-OH is 2. The standard InChI is InChI=1S/C12H17FO3/c1-12(2,5-6-14)11(16)8-3-4-10(15)9(13)7-8/h3-4,7,11,14-16H,5-6H2,1-2H3/t11-/m1/s1. The molecule has 0 fully saturated rings. The monoisotopic (exact) mass is 228 g/mol. The summed E-state index contributed by atoms with van der Waals surface area (Å²) < 4.78 is 13.1. The molecule has 0 amide bonds. The van der Waals surface area contributed by atoms with Crippen LogP contribution in [0.5, 0.6) is 5.75 Å². The van der Waals surface area contributed by atoms with Crippen molar-refractivity contribution < 1.29 is 19.7 Å². The van der Waals surface area contributed by atoms with Crippen LogP contribution in [0.3, 0.4) is 0 Å². The van der Waals surface area contributed by atoms with Crippen molar-refractivity contribution in [3.05, 3.63) is 29.6 Å². The number of phenolic OH excluding ortho intramolecular Hbond substituents is 1. The normalized spacial score (nSPS) is 13.8. The number of halogens is 1. The van der Waals surface area contributed by atoms with E-state index in [1.165, 1.54) is 12.1 Å². The van der Waals surface area contributed by atoms with Crippen LogP contribution >= 0.6 is 0 Å². The molecule has 1 aromatic rings. The fourth-order valence-electron chi connectivity index (χ4n) is 1.57. The van der Waals surface area contributed by atoms with Crippen molar-refractivity contribution in [2.45, 2.75) is 26.4 Å². The molecule has 0 saturated heterocycles. The van der Waals surface area contributed by atoms with Gasteiger partial charge in [-0.2, -0.15) is 0 Å². The maximum atomic E-state index is 13.1. The van der Waals surface area contributed by atoms with E-state index in [0.717, 1.165) is 6.07 Å². The van der Waals surface area contributed by atoms with Crippen LogP contribution in [0.25, 0.3) is 0 Å². The minimum atomic E-state index is -0.880. The second-order valence-corrected chi connectivity index (χ2v) is 4.58. The van der Waals surface area contributed by atoms with Crippen LogP contribution < -0.4 is 0 Å². The predicted octanol–water partition coefficient (Wildman–Crippen LogP) is 1.97. The van der Waals surface area contributed by atoms with Gasteiger partial charge in [-0.05, 0) is 29.5 Å². The summed E-state index contributed by atoms with van der Waals surface area (Å²) in [6.07, 6.45) is -0.467. The van der Waals surface area contributed by atoms with E-state index in [1.54, 1.807) is 13.8 Å². The summed E-state index contributed by atoms with van der Waals surface area (Å²) >= 11 is 0. The lowest BCUT2D eigenvalue weighted by Crippen LogP contribution is -2.23. The van der Waals surface area contributed by atoms with Gasteiger partial charge in [0.1, 0.15) is 0 Å². The molecule has 1 aromatic carbocycles. The number of hydrogen-bond donors (Lipinski definition) is 3. The Morgan fingerprint density at radius 1 is 1.38 bits per heavy atom. The van der Waals surface area contributed by atoms with Crippen LogP contribution in [0.4, 0.5) is 4.39 Å². The Kier molecular flexibility index (Phi) is 3.88. The van der Waals surface area contributed by atoms with Gasteiger partial charge in [0.2, 0.25) is 0 Å². The van der Waals surface area contributed by atoms with Gasteiger partial charge in [0, 0.05) is 6.61 Å². The first-order valence-corrected chi connectivity index (χ1v) is 5.16. The quantitative estimate of drug-likeness (QED) is 0.738. The lowest BCUT2D eigenvalue weighted by molar-refractivity contribution is 0.0302. The summed E-state index contributed by atoms with van der Waals surface area (Å²) in [5, 5.41) is 27.9. The Bertz CT molecular complexity index is 363. The van der Waals surface area contributed by atoms with Crippen molar-refractivity contribution in [2.75, 3.05) is 6.61 Å². The van der Waals surface area contributed by atoms with Gasteiger partial charge in [-0.1, -0.05) is 19.9 Å². The number of hydrogen-bond acceptors (Lipinski definition) is 3. The van der Waals surface area contributed by atoms with Crippen molar-refractivity contribution >= 4 is 0 Å². The first kappa shape index (κ1) is 12.9. The van der Waals surface area contributed by atoms with Crippen LogP contribution in [-0.2, 0) is 0 Å². The van der Waals surface area contributed by atoms with Gasteiger partial charge in [-0.3, -0.25) is 0 Å². The van der Waals surface area contributed by atoms with Crippen LogP contribution in [-0.4, -0.2) is 21.9 Å². The SMILES string of the molecule is CC(C)(CCO)[C@H](O)c1ccc(O)c(F)c1. The zero-order chi connectivity index (χ0) is 12.3. The topological polar surface area (TPSA) is 60.7 Å². The van der Waals surface area contributed by atoms with Crippen molar-refractivity contribution in [3.63, 3.8) is 0 Å². The molecule has 0 heterocycles. The molecule has 0 aliphatic carbocycles. The maximum Gasteiger partial charge on any atom is 0.165 e. The molecule has 0 bridgehead atoms. The molecule has 4 heteroatoms. The molecule has 3 nitrogen and oxygen atoms in total. The van der Waals surface area contributed by atoms with E-state index in [-0.39, 0.29) is 6.61 Å². The summed E-state index contributed by atoms with van der Waals surface area (Å²) in [6, 6.07) is 3.80. The highest BCUT2D eigenvalue weighted by molar-refractivity contribution is 5.30. The number of aliphatic hydroxyl groups is 2. The van der Waals surface area contributed by atoms with E-state index in [4.69, 9.17) is 10.2 Å². The van der Waals surface area contributed by atoms with Gasteiger partial charge in [0.25, 0.3) is 0 Å². The van der Waals surface area contributed by atoms with Crippen molar-refractivity contribution in [1.29, 1.82) is 0 Å². The summed E-state index contributed by atoms with van der Waals surface area (Å²) in [5.41, 5.74) is -0.146. The highest BCUT2D eigenvalue weighted by Crippen LogP contribution is 2.37. The first-order valence-electron chi connectivity index (χ1n) is 5.16. The smallest absolute Gasteiger partial charge is 0.165 e. The molecule has 16 heavy (non-hydrogen) atoms. The molecular formula is C12H17FO3. The number of phenols is 1. The van der Waals surface area contributed by atoms with E-state index in [0.29, 0.717) is 12.0 Å². The van der Waals surface area contributed by atoms with Crippen LogP contribution in [0, 0.1) is 11.2 Å². The van der Waals surface area contributed by atoms with Gasteiger partial charge >= 0.3 is 0 Å². The Balaban J connectivity index is 2.95. The first-order chi connectivity index (χ1) is 7.38. The molecule has 90 valence electrons. The highest BCUT2D eigenvalue weighted by Gasteiger charge is 2.29. The van der Waals surface area contributed by atoms with E-state index in [9.17, 15) is 9.50 Å². The van der Waals surface area contributed by atoms with Crippen molar-refractivity contribution in [3.8, 4) is 5.75 Å². The van der Waals surface area contributed by atoms with E-state index >= 15 is 0 Å². The van der Waals surface area contributed by atoms with Gasteiger partial charge in [0.05, 0.1) is 6.10 Å². The molecule has 0 unspecified atom stereocenters. The molecule has 3 N–H and O–H groups in total. The lowest BCUT2D eigenvalue weighted by atomic mass is 9.80. The van der Waals surface area contributed by atoms with Crippen molar-refractivity contribution in [2.24, 2.45) is 5.41 Å². The van der Waals surface area contributed by atoms with Crippen molar-refractivity contribution in [1.82, 2.24) is 0 Å². The Hall–Kier alpha value is -1.13. The summed E-state index contributed by atoms with van der Waals surface area (Å²) in [5.74, 6) is -1.19. The Morgan fingerprint density at radius 2 is 2.00 bits per heavy atom.